The quantitative estimate of drug-likeness (QED) is 0.847. The number of aryl methyl sites for hydroxylation is 1. The van der Waals surface area contributed by atoms with E-state index in [-0.39, 0.29) is 10.8 Å². The molecule has 25 heavy (non-hydrogen) atoms. The molecule has 2 aromatic carbocycles. The molecule has 5 nitrogen and oxygen atoms in total. The first-order valence-corrected chi connectivity index (χ1v) is 9.64. The number of carbonyl (C=O) groups is 1. The molecule has 0 fully saturated rings. The van der Waals surface area contributed by atoms with Gasteiger partial charge >= 0.3 is 0 Å². The lowest BCUT2D eigenvalue weighted by molar-refractivity contribution is 0.0734. The number of nitrogens with zero attached hydrogens (tertiary/aromatic N) is 2. The highest BCUT2D eigenvalue weighted by Crippen LogP contribution is 2.23. The first-order valence-electron chi connectivity index (χ1n) is 8.20. The van der Waals surface area contributed by atoms with Gasteiger partial charge in [-0.15, -0.1) is 0 Å². The summed E-state index contributed by atoms with van der Waals surface area (Å²) in [5.41, 5.74) is 3.46. The van der Waals surface area contributed by atoms with Crippen molar-refractivity contribution in [2.24, 2.45) is 0 Å². The molecule has 0 spiro atoms. The Bertz CT molecular complexity index is 920. The zero-order valence-electron chi connectivity index (χ0n) is 14.7. The van der Waals surface area contributed by atoms with Crippen molar-refractivity contribution in [3.63, 3.8) is 0 Å². The van der Waals surface area contributed by atoms with Crippen LogP contribution < -0.4 is 0 Å². The maximum absolute atomic E-state index is 12.9. The van der Waals surface area contributed by atoms with Crippen molar-refractivity contribution in [3.8, 4) is 0 Å². The second-order valence-corrected chi connectivity index (χ2v) is 8.63. The number of rotatable bonds is 3. The molecule has 0 atom stereocenters. The SMILES string of the molecule is Cc1ccc(C(=O)N2CCc3ccccc3C2)cc1S(=O)(=O)N(C)C. The zero-order valence-corrected chi connectivity index (χ0v) is 15.5. The van der Waals surface area contributed by atoms with E-state index in [1.165, 1.54) is 30.0 Å². The minimum Gasteiger partial charge on any atom is -0.334 e. The molecule has 0 unspecified atom stereocenters. The lowest BCUT2D eigenvalue weighted by Gasteiger charge is -2.29. The van der Waals surface area contributed by atoms with Gasteiger partial charge in [-0.05, 0) is 42.2 Å². The minimum atomic E-state index is -3.58. The third kappa shape index (κ3) is 3.32. The Kier molecular flexibility index (Phi) is 4.67. The molecule has 1 aliphatic rings. The van der Waals surface area contributed by atoms with E-state index in [1.54, 1.807) is 24.0 Å². The first kappa shape index (κ1) is 17.6. The molecule has 0 aliphatic carbocycles. The number of carbonyl (C=O) groups excluding carboxylic acids is 1. The average Bonchev–Trinajstić information content (AvgIpc) is 2.60. The van der Waals surface area contributed by atoms with E-state index in [0.717, 1.165) is 12.0 Å². The normalized spacial score (nSPS) is 14.5. The van der Waals surface area contributed by atoms with Crippen molar-refractivity contribution in [3.05, 3.63) is 64.7 Å². The molecular weight excluding hydrogens is 336 g/mol. The smallest absolute Gasteiger partial charge is 0.254 e. The lowest BCUT2D eigenvalue weighted by atomic mass is 9.99. The van der Waals surface area contributed by atoms with Gasteiger partial charge in [0.1, 0.15) is 0 Å². The highest BCUT2D eigenvalue weighted by Gasteiger charge is 2.25. The second kappa shape index (κ2) is 6.61. The van der Waals surface area contributed by atoms with Crippen molar-refractivity contribution < 1.29 is 13.2 Å². The van der Waals surface area contributed by atoms with Crippen LogP contribution in [-0.2, 0) is 23.0 Å². The average molecular weight is 358 g/mol. The van der Waals surface area contributed by atoms with Crippen molar-refractivity contribution in [2.75, 3.05) is 20.6 Å². The van der Waals surface area contributed by atoms with E-state index >= 15 is 0 Å². The summed E-state index contributed by atoms with van der Waals surface area (Å²) >= 11 is 0. The Balaban J connectivity index is 1.92. The summed E-state index contributed by atoms with van der Waals surface area (Å²) in [6.45, 7) is 2.93. The molecule has 1 aliphatic heterocycles. The summed E-state index contributed by atoms with van der Waals surface area (Å²) < 4.78 is 26.1. The van der Waals surface area contributed by atoms with Gasteiger partial charge < -0.3 is 4.90 Å². The predicted molar refractivity (Wildman–Crippen MR) is 96.9 cm³/mol. The molecule has 1 heterocycles. The van der Waals surface area contributed by atoms with Gasteiger partial charge in [-0.2, -0.15) is 0 Å². The summed E-state index contributed by atoms with van der Waals surface area (Å²) in [5.74, 6) is -0.135. The number of benzene rings is 2. The summed E-state index contributed by atoms with van der Waals surface area (Å²) in [6.07, 6.45) is 0.816. The van der Waals surface area contributed by atoms with Gasteiger partial charge in [-0.25, -0.2) is 12.7 Å². The van der Waals surface area contributed by atoms with Crippen LogP contribution in [0.2, 0.25) is 0 Å². The highest BCUT2D eigenvalue weighted by atomic mass is 32.2. The van der Waals surface area contributed by atoms with Gasteiger partial charge in [0.2, 0.25) is 10.0 Å². The summed E-state index contributed by atoms with van der Waals surface area (Å²) in [6, 6.07) is 13.0. The Morgan fingerprint density at radius 3 is 2.44 bits per heavy atom. The number of hydrogen-bond acceptors (Lipinski definition) is 3. The zero-order chi connectivity index (χ0) is 18.2. The molecule has 132 valence electrons. The molecule has 0 aromatic heterocycles. The monoisotopic (exact) mass is 358 g/mol. The maximum atomic E-state index is 12.9. The Morgan fingerprint density at radius 2 is 1.76 bits per heavy atom. The molecule has 1 amide bonds. The third-order valence-corrected chi connectivity index (χ3v) is 6.57. The van der Waals surface area contributed by atoms with Crippen LogP contribution in [0.15, 0.2) is 47.4 Å². The van der Waals surface area contributed by atoms with Crippen molar-refractivity contribution in [1.82, 2.24) is 9.21 Å². The predicted octanol–water partition coefficient (Wildman–Crippen LogP) is 2.44. The van der Waals surface area contributed by atoms with Crippen LogP contribution in [0, 0.1) is 6.92 Å². The van der Waals surface area contributed by atoms with Gasteiger partial charge in [0.05, 0.1) is 4.90 Å². The van der Waals surface area contributed by atoms with Crippen molar-refractivity contribution >= 4 is 15.9 Å². The van der Waals surface area contributed by atoms with Gasteiger partial charge in [0.15, 0.2) is 0 Å². The Morgan fingerprint density at radius 1 is 1.08 bits per heavy atom. The largest absolute Gasteiger partial charge is 0.334 e. The number of fused-ring (bicyclic) bond motifs is 1. The van der Waals surface area contributed by atoms with E-state index in [4.69, 9.17) is 0 Å². The fraction of sp³-hybridized carbons (Fsp3) is 0.316. The van der Waals surface area contributed by atoms with E-state index < -0.39 is 10.0 Å². The second-order valence-electron chi connectivity index (χ2n) is 6.51. The molecule has 6 heteroatoms. The number of amides is 1. The number of sulfonamides is 1. The molecule has 2 aromatic rings. The van der Waals surface area contributed by atoms with Crippen molar-refractivity contribution in [1.29, 1.82) is 0 Å². The van der Waals surface area contributed by atoms with E-state index in [0.29, 0.717) is 24.2 Å². The van der Waals surface area contributed by atoms with Gasteiger partial charge in [0.25, 0.3) is 5.91 Å². The molecule has 0 saturated carbocycles. The summed E-state index contributed by atoms with van der Waals surface area (Å²) in [4.78, 5) is 14.8. The fourth-order valence-electron chi connectivity index (χ4n) is 3.06. The number of hydrogen-bond donors (Lipinski definition) is 0. The maximum Gasteiger partial charge on any atom is 0.254 e. The van der Waals surface area contributed by atoms with E-state index in [2.05, 4.69) is 6.07 Å². The molecular formula is C19H22N2O3S. The fourth-order valence-corrected chi connectivity index (χ4v) is 4.20. The molecule has 3 rings (SSSR count). The Hall–Kier alpha value is -2.18. The molecule has 0 radical (unpaired) electrons. The van der Waals surface area contributed by atoms with Crippen LogP contribution in [0.1, 0.15) is 27.0 Å². The minimum absolute atomic E-state index is 0.135. The first-order chi connectivity index (χ1) is 11.8. The van der Waals surface area contributed by atoms with Crippen LogP contribution in [0.3, 0.4) is 0 Å². The lowest BCUT2D eigenvalue weighted by Crippen LogP contribution is -2.36. The molecule has 0 bridgehead atoms. The van der Waals surface area contributed by atoms with Gasteiger partial charge in [-0.3, -0.25) is 4.79 Å². The van der Waals surface area contributed by atoms with Crippen LogP contribution >= 0.6 is 0 Å². The molecule has 0 N–H and O–H groups in total. The van der Waals surface area contributed by atoms with Crippen LogP contribution in [-0.4, -0.2) is 44.2 Å². The topological polar surface area (TPSA) is 57.7 Å². The third-order valence-electron chi connectivity index (χ3n) is 4.61. The standard InChI is InChI=1S/C19H22N2O3S/c1-14-8-9-16(12-18(14)25(23,24)20(2)3)19(22)21-11-10-15-6-4-5-7-17(15)13-21/h4-9,12H,10-11,13H2,1-3H3. The van der Waals surface area contributed by atoms with E-state index in [1.807, 2.05) is 18.2 Å². The van der Waals surface area contributed by atoms with Gasteiger partial charge in [0, 0.05) is 32.7 Å². The highest BCUT2D eigenvalue weighted by molar-refractivity contribution is 7.89. The van der Waals surface area contributed by atoms with E-state index in [9.17, 15) is 13.2 Å². The van der Waals surface area contributed by atoms with Crippen molar-refractivity contribution in [2.45, 2.75) is 24.8 Å². The van der Waals surface area contributed by atoms with Crippen LogP contribution in [0.25, 0.3) is 0 Å². The summed E-state index contributed by atoms with van der Waals surface area (Å²) in [5, 5.41) is 0. The van der Waals surface area contributed by atoms with Crippen LogP contribution in [0.4, 0.5) is 0 Å². The Labute approximate surface area is 148 Å². The molecule has 0 saturated heterocycles. The summed E-state index contributed by atoms with van der Waals surface area (Å²) in [7, 11) is -0.599. The van der Waals surface area contributed by atoms with Crippen LogP contribution in [0.5, 0.6) is 0 Å². The van der Waals surface area contributed by atoms with Gasteiger partial charge in [-0.1, -0.05) is 30.3 Å².